The van der Waals surface area contributed by atoms with Gasteiger partial charge in [0.15, 0.2) is 5.17 Å². The fourth-order valence-electron chi connectivity index (χ4n) is 4.59. The molecule has 1 fully saturated rings. The number of halogens is 1. The summed E-state index contributed by atoms with van der Waals surface area (Å²) in [4.78, 5) is 32.2. The van der Waals surface area contributed by atoms with E-state index in [1.54, 1.807) is 12.1 Å². The Kier molecular flexibility index (Phi) is 6.98. The number of carbonyl (C=O) groups excluding carboxylic acids is 2. The van der Waals surface area contributed by atoms with Crippen molar-refractivity contribution in [3.8, 4) is 0 Å². The van der Waals surface area contributed by atoms with Gasteiger partial charge in [-0.1, -0.05) is 50.1 Å². The lowest BCUT2D eigenvalue weighted by atomic mass is 9.92. The van der Waals surface area contributed by atoms with Crippen LogP contribution in [-0.2, 0) is 14.3 Å². The van der Waals surface area contributed by atoms with Crippen molar-refractivity contribution in [3.05, 3.63) is 58.0 Å². The zero-order valence-corrected chi connectivity index (χ0v) is 19.2. The highest BCUT2D eigenvalue weighted by Crippen LogP contribution is 2.45. The molecule has 170 valence electrons. The lowest BCUT2D eigenvalue weighted by Gasteiger charge is -2.36. The van der Waals surface area contributed by atoms with Crippen molar-refractivity contribution in [1.82, 2.24) is 10.2 Å². The van der Waals surface area contributed by atoms with E-state index >= 15 is 0 Å². The summed E-state index contributed by atoms with van der Waals surface area (Å²) >= 11 is 1.42. The Morgan fingerprint density at radius 2 is 2.06 bits per heavy atom. The van der Waals surface area contributed by atoms with E-state index in [4.69, 9.17) is 9.73 Å². The van der Waals surface area contributed by atoms with Crippen molar-refractivity contribution in [2.45, 2.75) is 64.0 Å². The molecule has 2 heterocycles. The first-order chi connectivity index (χ1) is 15.5. The highest BCUT2D eigenvalue weighted by atomic mass is 32.2. The minimum atomic E-state index is -0.607. The second-order valence-corrected chi connectivity index (χ2v) is 9.07. The number of allylic oxidation sites excluding steroid dienone is 1. The average molecular weight is 458 g/mol. The molecule has 6 nitrogen and oxygen atoms in total. The van der Waals surface area contributed by atoms with Gasteiger partial charge in [0.25, 0.3) is 0 Å². The summed E-state index contributed by atoms with van der Waals surface area (Å²) in [7, 11) is 1.33. The quantitative estimate of drug-likeness (QED) is 0.621. The lowest BCUT2D eigenvalue weighted by Crippen LogP contribution is -2.40. The second-order valence-electron chi connectivity index (χ2n) is 8.23. The number of nitrogens with zero attached hydrogens (tertiary/aromatic N) is 2. The molecular weight excluding hydrogens is 429 g/mol. The Bertz CT molecular complexity index is 998. The first kappa shape index (κ1) is 22.6. The maximum Gasteiger partial charge on any atom is 0.338 e. The number of fused-ring (bicyclic) bond motifs is 1. The fraction of sp³-hybridized carbons (Fsp3) is 0.458. The molecule has 0 bridgehead atoms. The third kappa shape index (κ3) is 4.60. The number of amides is 1. The Labute approximate surface area is 192 Å². The van der Waals surface area contributed by atoms with Crippen LogP contribution in [-0.4, -0.2) is 35.1 Å². The SMILES string of the molecule is CCC1=C(C(=O)OC)[C@H](c2cccc(F)c2)N2C(CC(=O)NC3CCCCC3)=CSC2=N1. The number of nitrogens with one attached hydrogen (secondary N) is 1. The van der Waals surface area contributed by atoms with Gasteiger partial charge in [0, 0.05) is 11.7 Å². The van der Waals surface area contributed by atoms with Gasteiger partial charge >= 0.3 is 5.97 Å². The summed E-state index contributed by atoms with van der Waals surface area (Å²) in [6, 6.07) is 5.82. The number of hydrogen-bond donors (Lipinski definition) is 1. The second kappa shape index (κ2) is 9.90. The summed E-state index contributed by atoms with van der Waals surface area (Å²) in [5, 5.41) is 5.74. The molecule has 0 aromatic heterocycles. The maximum absolute atomic E-state index is 14.2. The zero-order chi connectivity index (χ0) is 22.7. The maximum atomic E-state index is 14.2. The lowest BCUT2D eigenvalue weighted by molar-refractivity contribution is -0.136. The first-order valence-corrected chi connectivity index (χ1v) is 12.0. The number of amidine groups is 1. The van der Waals surface area contributed by atoms with Crippen LogP contribution >= 0.6 is 11.8 Å². The molecule has 1 atom stereocenters. The van der Waals surface area contributed by atoms with Gasteiger partial charge in [-0.25, -0.2) is 14.2 Å². The molecule has 1 aromatic carbocycles. The molecule has 0 unspecified atom stereocenters. The van der Waals surface area contributed by atoms with E-state index in [9.17, 15) is 14.0 Å². The topological polar surface area (TPSA) is 71.0 Å². The molecule has 1 aliphatic carbocycles. The molecule has 1 saturated carbocycles. The fourth-order valence-corrected chi connectivity index (χ4v) is 5.53. The van der Waals surface area contributed by atoms with Gasteiger partial charge in [-0.15, -0.1) is 0 Å². The van der Waals surface area contributed by atoms with E-state index in [0.717, 1.165) is 31.4 Å². The molecule has 4 rings (SSSR count). The molecule has 0 saturated heterocycles. The number of carbonyl (C=O) groups is 2. The predicted molar refractivity (Wildman–Crippen MR) is 123 cm³/mol. The molecule has 1 N–H and O–H groups in total. The number of esters is 1. The van der Waals surface area contributed by atoms with E-state index < -0.39 is 12.0 Å². The molecule has 32 heavy (non-hydrogen) atoms. The number of methoxy groups -OCH3 is 1. The minimum absolute atomic E-state index is 0.0483. The van der Waals surface area contributed by atoms with Gasteiger partial charge < -0.3 is 15.0 Å². The van der Waals surface area contributed by atoms with Crippen molar-refractivity contribution in [2.24, 2.45) is 4.99 Å². The predicted octanol–water partition coefficient (Wildman–Crippen LogP) is 4.80. The Hall–Kier alpha value is -2.61. The third-order valence-corrected chi connectivity index (χ3v) is 6.99. The van der Waals surface area contributed by atoms with Crippen LogP contribution in [0.25, 0.3) is 0 Å². The molecule has 1 aromatic rings. The van der Waals surface area contributed by atoms with Crippen LogP contribution in [0.15, 0.2) is 51.6 Å². The Morgan fingerprint density at radius 1 is 1.28 bits per heavy atom. The van der Waals surface area contributed by atoms with Crippen LogP contribution in [0.2, 0.25) is 0 Å². The highest BCUT2D eigenvalue weighted by Gasteiger charge is 2.41. The van der Waals surface area contributed by atoms with Gasteiger partial charge in [-0.2, -0.15) is 0 Å². The van der Waals surface area contributed by atoms with Crippen LogP contribution in [0, 0.1) is 5.82 Å². The van der Waals surface area contributed by atoms with Crippen LogP contribution < -0.4 is 5.32 Å². The summed E-state index contributed by atoms with van der Waals surface area (Å²) in [6.45, 7) is 1.92. The Morgan fingerprint density at radius 3 is 2.75 bits per heavy atom. The Balaban J connectivity index is 1.66. The monoisotopic (exact) mass is 457 g/mol. The summed E-state index contributed by atoms with van der Waals surface area (Å²) in [5.74, 6) is -0.934. The smallest absolute Gasteiger partial charge is 0.338 e. The van der Waals surface area contributed by atoms with Crippen LogP contribution in [0.3, 0.4) is 0 Å². The number of thioether (sulfide) groups is 1. The van der Waals surface area contributed by atoms with Crippen LogP contribution in [0.1, 0.15) is 63.5 Å². The van der Waals surface area contributed by atoms with Gasteiger partial charge in [0.1, 0.15) is 5.82 Å². The van der Waals surface area contributed by atoms with Gasteiger partial charge in [0.05, 0.1) is 30.8 Å². The molecule has 0 spiro atoms. The molecule has 1 amide bonds. The summed E-state index contributed by atoms with van der Waals surface area (Å²) < 4.78 is 19.2. The number of aliphatic imine (C=N–C) groups is 1. The average Bonchev–Trinajstić information content (AvgIpc) is 3.19. The van der Waals surface area contributed by atoms with Crippen molar-refractivity contribution >= 4 is 28.8 Å². The number of benzene rings is 1. The third-order valence-electron chi connectivity index (χ3n) is 6.11. The molecule has 0 radical (unpaired) electrons. The van der Waals surface area contributed by atoms with Gasteiger partial charge in [0.2, 0.25) is 5.91 Å². The van der Waals surface area contributed by atoms with Crippen molar-refractivity contribution in [3.63, 3.8) is 0 Å². The zero-order valence-electron chi connectivity index (χ0n) is 18.4. The van der Waals surface area contributed by atoms with Crippen molar-refractivity contribution in [2.75, 3.05) is 7.11 Å². The number of hydrogen-bond acceptors (Lipinski definition) is 6. The molecular formula is C24H28FN3O3S. The molecule has 8 heteroatoms. The molecule has 2 aliphatic heterocycles. The molecule has 3 aliphatic rings. The largest absolute Gasteiger partial charge is 0.466 e. The minimum Gasteiger partial charge on any atom is -0.466 e. The van der Waals surface area contributed by atoms with E-state index in [2.05, 4.69) is 5.32 Å². The van der Waals surface area contributed by atoms with Crippen LogP contribution in [0.4, 0.5) is 4.39 Å². The van der Waals surface area contributed by atoms with Crippen molar-refractivity contribution in [1.29, 1.82) is 0 Å². The first-order valence-electron chi connectivity index (χ1n) is 11.1. The normalized spacial score (nSPS) is 21.1. The van der Waals surface area contributed by atoms with E-state index in [0.29, 0.717) is 28.4 Å². The van der Waals surface area contributed by atoms with Gasteiger partial charge in [-0.3, -0.25) is 4.79 Å². The standard InChI is InChI=1S/C24H28FN3O3S/c1-3-19-21(23(30)31-2)22(15-8-7-9-16(25)12-15)28-18(14-32-24(28)27-19)13-20(29)26-17-10-5-4-6-11-17/h7-9,12,14,17,22H,3-6,10-11,13H2,1-2H3,(H,26,29)/t22-/m0/s1. The highest BCUT2D eigenvalue weighted by molar-refractivity contribution is 8.16. The summed E-state index contributed by atoms with van der Waals surface area (Å²) in [5.41, 5.74) is 2.36. The van der Waals surface area contributed by atoms with Gasteiger partial charge in [-0.05, 0) is 42.4 Å². The van der Waals surface area contributed by atoms with E-state index in [1.165, 1.54) is 37.4 Å². The van der Waals surface area contributed by atoms with E-state index in [-0.39, 0.29) is 24.2 Å². The van der Waals surface area contributed by atoms with Crippen LogP contribution in [0.5, 0.6) is 0 Å². The van der Waals surface area contributed by atoms with Crippen molar-refractivity contribution < 1.29 is 18.7 Å². The van der Waals surface area contributed by atoms with E-state index in [1.807, 2.05) is 17.2 Å². The number of rotatable bonds is 6. The summed E-state index contributed by atoms with van der Waals surface area (Å²) in [6.07, 6.45) is 6.23. The number of ether oxygens (including phenoxy) is 1.